The van der Waals surface area contributed by atoms with Crippen LogP contribution in [-0.2, 0) is 57.6 Å². The number of primary amides is 1. The van der Waals surface area contributed by atoms with E-state index in [9.17, 15) is 38.4 Å². The van der Waals surface area contributed by atoms with E-state index in [1.54, 1.807) is 36.5 Å². The molecule has 20 nitrogen and oxygen atoms in total. The zero-order valence-electron chi connectivity index (χ0n) is 38.4. The molecule has 4 aromatic rings. The summed E-state index contributed by atoms with van der Waals surface area (Å²) in [6, 6.07) is 11.4. The average molecular weight is 937 g/mol. The third-order valence-electron chi connectivity index (χ3n) is 11.9. The summed E-state index contributed by atoms with van der Waals surface area (Å²) >= 11 is 0. The van der Waals surface area contributed by atoms with Gasteiger partial charge in [-0.05, 0) is 62.1 Å². The summed E-state index contributed by atoms with van der Waals surface area (Å²) in [6.45, 7) is 1.93. The molecule has 1 aliphatic heterocycles. The fourth-order valence-electron chi connectivity index (χ4n) is 8.14. The fraction of sp³-hybridized carbons (Fsp3) is 0.458. The largest absolute Gasteiger partial charge is 0.370 e. The first-order chi connectivity index (χ1) is 32.7. The molecular weight excluding hydrogens is 873 g/mol. The second-order valence-electron chi connectivity index (χ2n) is 17.2. The zero-order valence-corrected chi connectivity index (χ0v) is 38.4. The monoisotopic (exact) mass is 936 g/mol. The molecule has 68 heavy (non-hydrogen) atoms. The third-order valence-corrected chi connectivity index (χ3v) is 11.9. The molecule has 5 rings (SSSR count). The molecule has 6 atom stereocenters. The van der Waals surface area contributed by atoms with Gasteiger partial charge in [0.15, 0.2) is 17.5 Å². The molecule has 20 heteroatoms. The predicted molar refractivity (Wildman–Crippen MR) is 254 cm³/mol. The Morgan fingerprint density at radius 3 is 2.32 bits per heavy atom. The summed E-state index contributed by atoms with van der Waals surface area (Å²) in [7, 11) is 0. The summed E-state index contributed by atoms with van der Waals surface area (Å²) in [5.74, 6) is -7.01. The van der Waals surface area contributed by atoms with Gasteiger partial charge >= 0.3 is 0 Å². The number of benzene rings is 2. The van der Waals surface area contributed by atoms with Gasteiger partial charge in [0.05, 0.1) is 18.4 Å². The van der Waals surface area contributed by atoms with Crippen molar-refractivity contribution >= 4 is 63.9 Å². The number of fused-ring (bicyclic) bond motifs is 1. The van der Waals surface area contributed by atoms with Crippen LogP contribution in [0.4, 0.5) is 0 Å². The first-order valence-corrected chi connectivity index (χ1v) is 23.1. The number of guanidine groups is 1. The first kappa shape index (κ1) is 51.6. The molecule has 13 N–H and O–H groups in total. The van der Waals surface area contributed by atoms with Crippen LogP contribution < -0.4 is 43.8 Å². The topological polar surface area (TPSA) is 332 Å². The number of hydrogen-bond acceptors (Lipinski definition) is 10. The number of aliphatic imine (C=N–C) groups is 1. The van der Waals surface area contributed by atoms with E-state index in [4.69, 9.17) is 17.2 Å². The van der Waals surface area contributed by atoms with Crippen molar-refractivity contribution in [1.82, 2.24) is 41.5 Å². The van der Waals surface area contributed by atoms with Crippen molar-refractivity contribution in [3.05, 3.63) is 90.1 Å². The lowest BCUT2D eigenvalue weighted by molar-refractivity contribution is -0.135. The van der Waals surface area contributed by atoms with Crippen LogP contribution in [0.2, 0.25) is 0 Å². The predicted octanol–water partition coefficient (Wildman–Crippen LogP) is 1.04. The van der Waals surface area contributed by atoms with Gasteiger partial charge in [0, 0.05) is 86.0 Å². The molecule has 1 fully saturated rings. The van der Waals surface area contributed by atoms with Crippen LogP contribution in [0.15, 0.2) is 78.3 Å². The Morgan fingerprint density at radius 2 is 1.60 bits per heavy atom. The summed E-state index contributed by atoms with van der Waals surface area (Å²) in [6.07, 6.45) is 5.23. The molecule has 0 saturated carbocycles. The quantitative estimate of drug-likeness (QED) is 0.0382. The van der Waals surface area contributed by atoms with Crippen molar-refractivity contribution in [2.45, 2.75) is 115 Å². The number of unbranched alkanes of at least 4 members (excludes halogenated alkanes) is 1. The maximum Gasteiger partial charge on any atom is 0.243 e. The Kier molecular flexibility index (Phi) is 19.8. The van der Waals surface area contributed by atoms with Crippen LogP contribution in [0.25, 0.3) is 10.9 Å². The minimum absolute atomic E-state index is 0.0222. The minimum Gasteiger partial charge on any atom is -0.370 e. The van der Waals surface area contributed by atoms with E-state index in [0.29, 0.717) is 17.7 Å². The molecule has 364 valence electrons. The summed E-state index contributed by atoms with van der Waals surface area (Å²) in [5.41, 5.74) is 19.8. The number of nitrogens with one attached hydrogen (secondary N) is 7. The van der Waals surface area contributed by atoms with Crippen LogP contribution in [-0.4, -0.2) is 105 Å². The first-order valence-electron chi connectivity index (χ1n) is 23.1. The molecule has 0 radical (unpaired) electrons. The van der Waals surface area contributed by atoms with Gasteiger partial charge in [0.25, 0.3) is 0 Å². The van der Waals surface area contributed by atoms with E-state index in [1.165, 1.54) is 12.5 Å². The molecule has 0 spiro atoms. The second-order valence-corrected chi connectivity index (χ2v) is 17.2. The number of aromatic nitrogens is 3. The number of amides is 6. The Balaban J connectivity index is 1.49. The smallest absolute Gasteiger partial charge is 0.243 e. The molecule has 0 aliphatic carbocycles. The molecule has 0 unspecified atom stereocenters. The van der Waals surface area contributed by atoms with E-state index in [2.05, 4.69) is 46.5 Å². The van der Waals surface area contributed by atoms with Gasteiger partial charge in [-0.15, -0.1) is 0 Å². The van der Waals surface area contributed by atoms with E-state index < -0.39 is 89.4 Å². The highest BCUT2D eigenvalue weighted by atomic mass is 16.2. The Hall–Kier alpha value is -7.38. The van der Waals surface area contributed by atoms with Gasteiger partial charge in [0.2, 0.25) is 35.4 Å². The highest BCUT2D eigenvalue weighted by Crippen LogP contribution is 2.24. The zero-order chi connectivity index (χ0) is 49.0. The number of H-pyrrole nitrogens is 2. The molecule has 1 aliphatic rings. The molecule has 2 aromatic carbocycles. The maximum atomic E-state index is 14.6. The van der Waals surface area contributed by atoms with Crippen LogP contribution in [0, 0.1) is 11.8 Å². The molecular formula is C48H64N12O8. The number of aromatic amines is 2. The number of nitrogens with zero attached hydrogens (tertiary/aromatic N) is 2. The van der Waals surface area contributed by atoms with Gasteiger partial charge in [-0.1, -0.05) is 61.9 Å². The normalized spacial score (nSPS) is 20.6. The summed E-state index contributed by atoms with van der Waals surface area (Å²) in [5, 5.41) is 14.7. The third kappa shape index (κ3) is 16.2. The number of carbonyl (C=O) groups excluding carboxylic acids is 8. The van der Waals surface area contributed by atoms with E-state index in [0.717, 1.165) is 22.9 Å². The number of para-hydroxylation sites is 1. The summed E-state index contributed by atoms with van der Waals surface area (Å²) < 4.78 is 0. The van der Waals surface area contributed by atoms with Gasteiger partial charge in [-0.3, -0.25) is 43.3 Å². The lowest BCUT2D eigenvalue weighted by atomic mass is 9.89. The maximum absolute atomic E-state index is 14.6. The van der Waals surface area contributed by atoms with Gasteiger partial charge in [-0.2, -0.15) is 0 Å². The molecule has 2 aromatic heterocycles. The number of ketones is 2. The van der Waals surface area contributed by atoms with Crippen molar-refractivity contribution in [2.24, 2.45) is 34.0 Å². The number of rotatable bonds is 18. The van der Waals surface area contributed by atoms with Crippen molar-refractivity contribution < 1.29 is 38.4 Å². The number of nitrogens with two attached hydrogens (primary N) is 3. The average Bonchev–Trinajstić information content (AvgIpc) is 3.99. The standard InChI is InChI=1S/C48H64N12O8/c1-2-3-15-43(64)57-37-16-17-42(63)53-20-18-36(40(61)24-31(44(49)65)22-32-26-55-35-14-8-7-13-34(32)35)58-45(66)30(12-9-19-54-48(50)51)23-41(62)38(21-29-10-5-4-6-11-29)59-47(68)39(60-46(37)67)25-33-27-52-28-56-33/h4-8,10-11,13-14,26-28,30-31,36-39,55H,2-3,9,12,15-25H2,1H3,(H2,49,65)(H,52,56)(H,53,63)(H,57,64)(H,58,66)(H,59,68)(H,60,67)(H4,50,51,54)/t30-,31-,36+,37+,38-,39+/m1/s1. The van der Waals surface area contributed by atoms with Gasteiger partial charge in [-0.25, -0.2) is 4.98 Å². The Morgan fingerprint density at radius 1 is 0.853 bits per heavy atom. The molecule has 0 bridgehead atoms. The number of imidazole rings is 1. The molecule has 1 saturated heterocycles. The van der Waals surface area contributed by atoms with Crippen LogP contribution >= 0.6 is 0 Å². The van der Waals surface area contributed by atoms with E-state index >= 15 is 0 Å². The van der Waals surface area contributed by atoms with Crippen molar-refractivity contribution in [3.63, 3.8) is 0 Å². The van der Waals surface area contributed by atoms with Crippen molar-refractivity contribution in [1.29, 1.82) is 0 Å². The lowest BCUT2D eigenvalue weighted by Gasteiger charge is -2.26. The highest BCUT2D eigenvalue weighted by Gasteiger charge is 2.35. The second kappa shape index (κ2) is 26.1. The van der Waals surface area contributed by atoms with Crippen LogP contribution in [0.3, 0.4) is 0 Å². The van der Waals surface area contributed by atoms with Gasteiger partial charge in [0.1, 0.15) is 12.1 Å². The molecule has 3 heterocycles. The van der Waals surface area contributed by atoms with Crippen molar-refractivity contribution in [3.8, 4) is 0 Å². The number of carbonyl (C=O) groups is 8. The Labute approximate surface area is 394 Å². The van der Waals surface area contributed by atoms with E-state index in [-0.39, 0.29) is 83.3 Å². The van der Waals surface area contributed by atoms with E-state index in [1.807, 2.05) is 31.2 Å². The number of hydrogen-bond donors (Lipinski definition) is 10. The SMILES string of the molecule is CCCCC(=O)N[C@H]1CCC(=O)NCC[C@@H](C(=O)C[C@@H](Cc2c[nH]c3ccccc23)C(N)=O)NC(=O)[C@H](CCCN=C(N)N)CC(=O)[C@@H](Cc2ccccc2)NC(=O)[C@H](Cc2cnc[nH]2)NC1=O. The minimum atomic E-state index is -1.29. The highest BCUT2D eigenvalue weighted by molar-refractivity contribution is 5.98. The lowest BCUT2D eigenvalue weighted by Crippen LogP contribution is -2.57. The Bertz CT molecular complexity index is 2380. The van der Waals surface area contributed by atoms with Gasteiger partial charge < -0.3 is 53.8 Å². The fourth-order valence-corrected chi connectivity index (χ4v) is 8.14. The number of Topliss-reactive ketones (excluding diaryl/α,β-unsaturated/α-hetero) is 2. The molecule has 6 amide bonds. The van der Waals surface area contributed by atoms with Crippen LogP contribution in [0.1, 0.15) is 88.0 Å². The van der Waals surface area contributed by atoms with Crippen molar-refractivity contribution in [2.75, 3.05) is 13.1 Å². The summed E-state index contributed by atoms with van der Waals surface area (Å²) in [4.78, 5) is 125. The van der Waals surface area contributed by atoms with Crippen LogP contribution in [0.5, 0.6) is 0 Å².